The number of nitrogens with zero attached hydrogens (tertiary/aromatic N) is 1. The molecule has 2 aromatic rings. The van der Waals surface area contributed by atoms with Gasteiger partial charge in [0.05, 0.1) is 9.80 Å². The van der Waals surface area contributed by atoms with Crippen LogP contribution in [0.15, 0.2) is 35.4 Å². The Morgan fingerprint density at radius 2 is 1.86 bits per heavy atom. The molecule has 0 saturated carbocycles. The second-order valence-corrected chi connectivity index (χ2v) is 4.33. The molecule has 0 spiro atoms. The van der Waals surface area contributed by atoms with Gasteiger partial charge in [-0.3, -0.25) is 19.7 Å². The number of anilines is 1. The van der Waals surface area contributed by atoms with Crippen LogP contribution in [0.4, 0.5) is 10.7 Å². The third kappa shape index (κ3) is 5.49. The number of hydrogen-bond donors (Lipinski definition) is 2. The van der Waals surface area contributed by atoms with Crippen molar-refractivity contribution >= 4 is 27.9 Å². The molecule has 0 bridgehead atoms. The number of amides is 1. The van der Waals surface area contributed by atoms with Crippen LogP contribution in [0.25, 0.3) is 0 Å². The number of pyridine rings is 1. The van der Waals surface area contributed by atoms with Crippen molar-refractivity contribution in [1.82, 2.24) is 4.98 Å². The van der Waals surface area contributed by atoms with Gasteiger partial charge in [-0.25, -0.2) is 0 Å². The maximum absolute atomic E-state index is 11.7. The Kier molecular flexibility index (Phi) is 9.12. The Morgan fingerprint density at radius 1 is 1.23 bits per heavy atom. The number of carbonyl (C=O) groups excluding carboxylic acids is 1. The number of H-pyrrole nitrogens is 1. The predicted octanol–water partition coefficient (Wildman–Crippen LogP) is 3.65. The highest BCUT2D eigenvalue weighted by atomic mass is 32.1. The van der Waals surface area contributed by atoms with Gasteiger partial charge in [-0.1, -0.05) is 39.0 Å². The Labute approximate surface area is 132 Å². The predicted molar refractivity (Wildman–Crippen MR) is 88.7 cm³/mol. The minimum absolute atomic E-state index is 0.0959. The van der Waals surface area contributed by atoms with E-state index >= 15 is 0 Å². The Bertz CT molecular complexity index is 664. The first-order valence-electron chi connectivity index (χ1n) is 6.80. The fraction of sp³-hybridized carbons (Fsp3) is 0.286. The molecule has 0 radical (unpaired) electrons. The molecule has 7 nitrogen and oxygen atoms in total. The van der Waals surface area contributed by atoms with Crippen molar-refractivity contribution in [3.8, 4) is 0 Å². The molecule has 2 aromatic heterocycles. The third-order valence-corrected chi connectivity index (χ3v) is 3.10. The van der Waals surface area contributed by atoms with E-state index in [9.17, 15) is 19.7 Å². The SMILES string of the molecule is CC.CC.O=C(Nc1c[nH]ccc1=O)c1ccc([N+](=O)[O-])s1. The van der Waals surface area contributed by atoms with E-state index in [1.807, 2.05) is 27.7 Å². The summed E-state index contributed by atoms with van der Waals surface area (Å²) < 4.78 is 0. The molecule has 0 atom stereocenters. The lowest BCUT2D eigenvalue weighted by Crippen LogP contribution is -2.16. The molecular formula is C14H19N3O4S. The van der Waals surface area contributed by atoms with Gasteiger partial charge in [-0.15, -0.1) is 0 Å². The topological polar surface area (TPSA) is 105 Å². The Morgan fingerprint density at radius 3 is 2.36 bits per heavy atom. The average Bonchev–Trinajstić information content (AvgIpc) is 3.04. The number of aromatic nitrogens is 1. The van der Waals surface area contributed by atoms with Gasteiger partial charge in [-0.2, -0.15) is 0 Å². The first-order chi connectivity index (χ1) is 10.6. The quantitative estimate of drug-likeness (QED) is 0.663. The van der Waals surface area contributed by atoms with E-state index in [1.165, 1.54) is 30.6 Å². The van der Waals surface area contributed by atoms with Crippen molar-refractivity contribution in [3.63, 3.8) is 0 Å². The maximum atomic E-state index is 11.7. The second-order valence-electron chi connectivity index (χ2n) is 3.27. The Hall–Kier alpha value is -2.48. The molecule has 2 rings (SSSR count). The molecule has 1 amide bonds. The molecule has 0 saturated heterocycles. The average molecular weight is 325 g/mol. The highest BCUT2D eigenvalue weighted by Crippen LogP contribution is 2.24. The number of aromatic amines is 1. The first-order valence-corrected chi connectivity index (χ1v) is 7.62. The number of thiophene rings is 1. The monoisotopic (exact) mass is 325 g/mol. The van der Waals surface area contributed by atoms with Gasteiger partial charge >= 0.3 is 5.00 Å². The Balaban J connectivity index is 0.00000102. The summed E-state index contributed by atoms with van der Waals surface area (Å²) in [5.41, 5.74) is -0.244. The number of rotatable bonds is 3. The summed E-state index contributed by atoms with van der Waals surface area (Å²) in [6.45, 7) is 8.00. The summed E-state index contributed by atoms with van der Waals surface area (Å²) in [5, 5.41) is 12.7. The fourth-order valence-corrected chi connectivity index (χ4v) is 1.96. The van der Waals surface area contributed by atoms with Crippen molar-refractivity contribution in [3.05, 3.63) is 55.8 Å². The summed E-state index contributed by atoms with van der Waals surface area (Å²) in [4.78, 5) is 35.8. The zero-order chi connectivity index (χ0) is 17.1. The lowest BCUT2D eigenvalue weighted by atomic mass is 10.3. The zero-order valence-electron chi connectivity index (χ0n) is 12.9. The van der Waals surface area contributed by atoms with Crippen molar-refractivity contribution in [1.29, 1.82) is 0 Å². The number of hydrogen-bond acceptors (Lipinski definition) is 5. The van der Waals surface area contributed by atoms with Gasteiger partial charge in [0.25, 0.3) is 5.91 Å². The van der Waals surface area contributed by atoms with E-state index < -0.39 is 10.8 Å². The molecule has 0 aromatic carbocycles. The van der Waals surface area contributed by atoms with Crippen LogP contribution in [-0.2, 0) is 0 Å². The number of carbonyl (C=O) groups is 1. The third-order valence-electron chi connectivity index (χ3n) is 2.07. The van der Waals surface area contributed by atoms with E-state index in [2.05, 4.69) is 10.3 Å². The lowest BCUT2D eigenvalue weighted by molar-refractivity contribution is -0.380. The van der Waals surface area contributed by atoms with Crippen LogP contribution in [0, 0.1) is 10.1 Å². The van der Waals surface area contributed by atoms with E-state index in [0.29, 0.717) is 0 Å². The van der Waals surface area contributed by atoms with Gasteiger partial charge in [0, 0.05) is 24.5 Å². The molecule has 0 unspecified atom stereocenters. The molecule has 2 heterocycles. The molecule has 0 aliphatic carbocycles. The van der Waals surface area contributed by atoms with Gasteiger partial charge in [0.1, 0.15) is 5.69 Å². The van der Waals surface area contributed by atoms with Crippen LogP contribution < -0.4 is 10.7 Å². The normalized spacial score (nSPS) is 8.73. The number of nitro groups is 1. The zero-order valence-corrected chi connectivity index (χ0v) is 13.7. The standard InChI is InChI=1S/C10H7N3O4S.2C2H6/c14-7-3-4-11-5-6(7)12-10(15)8-1-2-9(18-8)13(16)17;2*1-2/h1-5H,(H,11,14)(H,12,15);2*1-2H3. The van der Waals surface area contributed by atoms with Crippen LogP contribution >= 0.6 is 11.3 Å². The van der Waals surface area contributed by atoms with E-state index in [4.69, 9.17) is 0 Å². The second kappa shape index (κ2) is 10.3. The largest absolute Gasteiger partial charge is 0.366 e. The van der Waals surface area contributed by atoms with Crippen LogP contribution in [0.2, 0.25) is 0 Å². The molecule has 0 fully saturated rings. The lowest BCUT2D eigenvalue weighted by Gasteiger charge is -2.00. The van der Waals surface area contributed by atoms with Gasteiger partial charge < -0.3 is 10.3 Å². The van der Waals surface area contributed by atoms with E-state index in [1.54, 1.807) is 0 Å². The van der Waals surface area contributed by atoms with E-state index in [0.717, 1.165) is 11.3 Å². The molecule has 0 aliphatic heterocycles. The first kappa shape index (κ1) is 19.5. The van der Waals surface area contributed by atoms with Gasteiger partial charge in [0.2, 0.25) is 5.43 Å². The molecule has 22 heavy (non-hydrogen) atoms. The summed E-state index contributed by atoms with van der Waals surface area (Å²) >= 11 is 0.751. The maximum Gasteiger partial charge on any atom is 0.324 e. The minimum atomic E-state index is -0.573. The van der Waals surface area contributed by atoms with Crippen molar-refractivity contribution in [2.75, 3.05) is 5.32 Å². The molecule has 0 aliphatic rings. The molecule has 8 heteroatoms. The van der Waals surface area contributed by atoms with Crippen molar-refractivity contribution in [2.24, 2.45) is 0 Å². The highest BCUT2D eigenvalue weighted by molar-refractivity contribution is 7.17. The molecule has 2 N–H and O–H groups in total. The van der Waals surface area contributed by atoms with Crippen LogP contribution in [-0.4, -0.2) is 15.8 Å². The summed E-state index contributed by atoms with van der Waals surface area (Å²) in [5.74, 6) is -0.551. The smallest absolute Gasteiger partial charge is 0.324 e. The molecule has 120 valence electrons. The van der Waals surface area contributed by atoms with Crippen LogP contribution in [0.5, 0.6) is 0 Å². The fourth-order valence-electron chi connectivity index (χ4n) is 1.25. The molecular weight excluding hydrogens is 306 g/mol. The number of nitrogens with one attached hydrogen (secondary N) is 2. The minimum Gasteiger partial charge on any atom is -0.366 e. The summed E-state index contributed by atoms with van der Waals surface area (Å²) in [6.07, 6.45) is 2.79. The van der Waals surface area contributed by atoms with Crippen LogP contribution in [0.3, 0.4) is 0 Å². The summed E-state index contributed by atoms with van der Waals surface area (Å²) in [7, 11) is 0. The van der Waals surface area contributed by atoms with E-state index in [-0.39, 0.29) is 21.0 Å². The van der Waals surface area contributed by atoms with Crippen LogP contribution in [0.1, 0.15) is 37.4 Å². The van der Waals surface area contributed by atoms with Gasteiger partial charge in [-0.05, 0) is 6.07 Å². The summed E-state index contributed by atoms with van der Waals surface area (Å²) in [6, 6.07) is 3.86. The van der Waals surface area contributed by atoms with Gasteiger partial charge in [0.15, 0.2) is 0 Å². The van der Waals surface area contributed by atoms with Crippen molar-refractivity contribution < 1.29 is 9.72 Å². The highest BCUT2D eigenvalue weighted by Gasteiger charge is 2.15. The van der Waals surface area contributed by atoms with Crippen molar-refractivity contribution in [2.45, 2.75) is 27.7 Å².